The van der Waals surface area contributed by atoms with Gasteiger partial charge in [-0.25, -0.2) is 0 Å². The van der Waals surface area contributed by atoms with Crippen LogP contribution in [0, 0.1) is 5.92 Å². The van der Waals surface area contributed by atoms with Crippen molar-refractivity contribution in [3.63, 3.8) is 0 Å². The number of piperidine rings is 1. The summed E-state index contributed by atoms with van der Waals surface area (Å²) in [7, 11) is 0. The lowest BCUT2D eigenvalue weighted by Crippen LogP contribution is -2.29. The van der Waals surface area contributed by atoms with Crippen LogP contribution in [0.3, 0.4) is 0 Å². The molecule has 1 aliphatic heterocycles. The van der Waals surface area contributed by atoms with E-state index in [1.807, 2.05) is 12.1 Å². The molecule has 1 heterocycles. The molecule has 0 radical (unpaired) electrons. The van der Waals surface area contributed by atoms with E-state index in [9.17, 15) is 0 Å². The summed E-state index contributed by atoms with van der Waals surface area (Å²) in [6.07, 6.45) is 2.49. The molecule has 0 atom stereocenters. The molecule has 1 aromatic carbocycles. The monoisotopic (exact) mass is 283 g/mol. The Morgan fingerprint density at radius 1 is 1.25 bits per heavy atom. The molecule has 1 saturated heterocycles. The summed E-state index contributed by atoms with van der Waals surface area (Å²) in [5.74, 6) is 0.740. The van der Waals surface area contributed by atoms with Crippen molar-refractivity contribution in [3.05, 3.63) is 34.3 Å². The maximum Gasteiger partial charge on any atom is 0.0727 e. The van der Waals surface area contributed by atoms with E-state index in [0.29, 0.717) is 6.61 Å². The van der Waals surface area contributed by atoms with E-state index >= 15 is 0 Å². The fraction of sp³-hybridized carbons (Fsp3) is 0.538. The van der Waals surface area contributed by atoms with Crippen LogP contribution in [-0.2, 0) is 11.3 Å². The van der Waals surface area contributed by atoms with Gasteiger partial charge in [-0.3, -0.25) is 0 Å². The van der Waals surface area contributed by atoms with Gasteiger partial charge in [0.15, 0.2) is 0 Å². The van der Waals surface area contributed by atoms with Crippen LogP contribution in [0.5, 0.6) is 0 Å². The Morgan fingerprint density at radius 2 is 2.00 bits per heavy atom. The Labute approximate surface area is 106 Å². The second-order valence-corrected chi connectivity index (χ2v) is 5.15. The molecule has 88 valence electrons. The minimum Gasteiger partial charge on any atom is -0.376 e. The minimum absolute atomic E-state index is 0.714. The number of nitrogens with one attached hydrogen (secondary N) is 1. The summed E-state index contributed by atoms with van der Waals surface area (Å²) in [5.41, 5.74) is 1.23. The normalized spacial score (nSPS) is 17.6. The van der Waals surface area contributed by atoms with E-state index in [-0.39, 0.29) is 0 Å². The molecule has 0 spiro atoms. The van der Waals surface area contributed by atoms with E-state index in [2.05, 4.69) is 33.4 Å². The lowest BCUT2D eigenvalue weighted by molar-refractivity contribution is 0.0760. The number of hydrogen-bond acceptors (Lipinski definition) is 2. The third-order valence-corrected chi connectivity index (χ3v) is 3.80. The van der Waals surface area contributed by atoms with Crippen molar-refractivity contribution in [2.24, 2.45) is 5.92 Å². The van der Waals surface area contributed by atoms with Crippen LogP contribution in [0.4, 0.5) is 0 Å². The summed E-state index contributed by atoms with van der Waals surface area (Å²) >= 11 is 3.53. The van der Waals surface area contributed by atoms with Crippen LogP contribution < -0.4 is 5.32 Å². The highest BCUT2D eigenvalue weighted by Gasteiger charge is 2.12. The van der Waals surface area contributed by atoms with Gasteiger partial charge in [-0.1, -0.05) is 34.1 Å². The van der Waals surface area contributed by atoms with Gasteiger partial charge < -0.3 is 10.1 Å². The van der Waals surface area contributed by atoms with Gasteiger partial charge in [0, 0.05) is 11.1 Å². The molecular weight excluding hydrogens is 266 g/mol. The third-order valence-electron chi connectivity index (χ3n) is 3.03. The summed E-state index contributed by atoms with van der Waals surface area (Å²) in [4.78, 5) is 0. The number of rotatable bonds is 4. The molecule has 1 aliphatic rings. The molecule has 0 saturated carbocycles. The van der Waals surface area contributed by atoms with Gasteiger partial charge in [-0.05, 0) is 43.5 Å². The van der Waals surface area contributed by atoms with Gasteiger partial charge in [0.1, 0.15) is 0 Å². The molecule has 0 aromatic heterocycles. The maximum atomic E-state index is 5.78. The van der Waals surface area contributed by atoms with Crippen molar-refractivity contribution < 1.29 is 4.74 Å². The molecule has 1 N–H and O–H groups in total. The number of benzene rings is 1. The topological polar surface area (TPSA) is 21.3 Å². The van der Waals surface area contributed by atoms with Gasteiger partial charge in [-0.2, -0.15) is 0 Å². The molecular formula is C13H18BrNO. The largest absolute Gasteiger partial charge is 0.376 e. The Hall–Kier alpha value is -0.380. The van der Waals surface area contributed by atoms with Crippen molar-refractivity contribution in [2.75, 3.05) is 19.7 Å². The van der Waals surface area contributed by atoms with E-state index in [0.717, 1.165) is 30.1 Å². The van der Waals surface area contributed by atoms with Crippen LogP contribution in [0.1, 0.15) is 18.4 Å². The van der Waals surface area contributed by atoms with Crippen LogP contribution in [-0.4, -0.2) is 19.7 Å². The third kappa shape index (κ3) is 3.58. The molecule has 0 aliphatic carbocycles. The lowest BCUT2D eigenvalue weighted by atomic mass is 9.99. The molecule has 3 heteroatoms. The molecule has 0 amide bonds. The standard InChI is InChI=1S/C13H18BrNO/c14-13-4-2-1-3-12(13)10-16-9-11-5-7-15-8-6-11/h1-4,11,15H,5-10H2. The molecule has 16 heavy (non-hydrogen) atoms. The highest BCUT2D eigenvalue weighted by atomic mass is 79.9. The first-order valence-corrected chi connectivity index (χ1v) is 6.67. The van der Waals surface area contributed by atoms with Crippen molar-refractivity contribution >= 4 is 15.9 Å². The highest BCUT2D eigenvalue weighted by Crippen LogP contribution is 2.18. The fourth-order valence-corrected chi connectivity index (χ4v) is 2.40. The van der Waals surface area contributed by atoms with E-state index in [4.69, 9.17) is 4.74 Å². The lowest BCUT2D eigenvalue weighted by Gasteiger charge is -2.22. The SMILES string of the molecule is Brc1ccccc1COCC1CCNCC1. The van der Waals surface area contributed by atoms with Gasteiger partial charge in [0.2, 0.25) is 0 Å². The quantitative estimate of drug-likeness (QED) is 0.917. The summed E-state index contributed by atoms with van der Waals surface area (Å²) in [5, 5.41) is 3.37. The highest BCUT2D eigenvalue weighted by molar-refractivity contribution is 9.10. The predicted molar refractivity (Wildman–Crippen MR) is 69.4 cm³/mol. The Morgan fingerprint density at radius 3 is 2.75 bits per heavy atom. The van der Waals surface area contributed by atoms with Crippen molar-refractivity contribution in [2.45, 2.75) is 19.4 Å². The number of halogens is 1. The van der Waals surface area contributed by atoms with Gasteiger partial charge in [-0.15, -0.1) is 0 Å². The van der Waals surface area contributed by atoms with E-state index in [1.165, 1.54) is 18.4 Å². The summed E-state index contributed by atoms with van der Waals surface area (Å²) in [6.45, 7) is 3.89. The van der Waals surface area contributed by atoms with Crippen LogP contribution >= 0.6 is 15.9 Å². The van der Waals surface area contributed by atoms with Crippen molar-refractivity contribution in [1.82, 2.24) is 5.32 Å². The first-order valence-electron chi connectivity index (χ1n) is 5.88. The second kappa shape index (κ2) is 6.38. The number of hydrogen-bond donors (Lipinski definition) is 1. The zero-order valence-corrected chi connectivity index (χ0v) is 11.0. The second-order valence-electron chi connectivity index (χ2n) is 4.30. The zero-order chi connectivity index (χ0) is 11.2. The molecule has 2 rings (SSSR count). The average molecular weight is 284 g/mol. The Balaban J connectivity index is 1.73. The van der Waals surface area contributed by atoms with E-state index in [1.54, 1.807) is 0 Å². The van der Waals surface area contributed by atoms with Crippen LogP contribution in [0.25, 0.3) is 0 Å². The van der Waals surface area contributed by atoms with E-state index < -0.39 is 0 Å². The zero-order valence-electron chi connectivity index (χ0n) is 9.42. The summed E-state index contributed by atoms with van der Waals surface area (Å²) in [6, 6.07) is 8.24. The van der Waals surface area contributed by atoms with Gasteiger partial charge in [0.05, 0.1) is 6.61 Å². The Bertz CT molecular complexity index is 323. The summed E-state index contributed by atoms with van der Waals surface area (Å²) < 4.78 is 6.92. The van der Waals surface area contributed by atoms with Crippen molar-refractivity contribution in [1.29, 1.82) is 0 Å². The number of ether oxygens (including phenoxy) is 1. The molecule has 0 unspecified atom stereocenters. The molecule has 1 fully saturated rings. The average Bonchev–Trinajstić information content (AvgIpc) is 2.33. The van der Waals surface area contributed by atoms with Crippen LogP contribution in [0.15, 0.2) is 28.7 Å². The minimum atomic E-state index is 0.714. The van der Waals surface area contributed by atoms with Gasteiger partial charge in [0.25, 0.3) is 0 Å². The smallest absolute Gasteiger partial charge is 0.0727 e. The molecule has 0 bridgehead atoms. The van der Waals surface area contributed by atoms with Gasteiger partial charge >= 0.3 is 0 Å². The van der Waals surface area contributed by atoms with Crippen LogP contribution in [0.2, 0.25) is 0 Å². The van der Waals surface area contributed by atoms with Crippen molar-refractivity contribution in [3.8, 4) is 0 Å². The first kappa shape index (κ1) is 12.1. The molecule has 2 nitrogen and oxygen atoms in total. The fourth-order valence-electron chi connectivity index (χ4n) is 2.00. The first-order chi connectivity index (χ1) is 7.86. The molecule has 1 aromatic rings. The maximum absolute atomic E-state index is 5.78. The predicted octanol–water partition coefficient (Wildman–Crippen LogP) is 2.97. The Kier molecular flexibility index (Phi) is 4.82.